The molecule has 0 unspecified atom stereocenters. The maximum absolute atomic E-state index is 13.1. The van der Waals surface area contributed by atoms with Gasteiger partial charge in [-0.25, -0.2) is 8.42 Å². The molecule has 1 aliphatic rings. The number of aryl methyl sites for hydroxylation is 2. The first-order valence-corrected chi connectivity index (χ1v) is 9.74. The molecule has 2 atom stereocenters. The standard InChI is InChI=1S/C19H24N2O3S/c1-13-9-16(10-14(2)19(13)24-3)25(22,23)21-11-17(18(20)12-21)15-7-5-4-6-8-15/h4-10,17-18H,11-12,20H2,1-3H3/t17-,18+/m0/s1. The monoisotopic (exact) mass is 360 g/mol. The molecule has 0 aromatic heterocycles. The lowest BCUT2D eigenvalue weighted by Gasteiger charge is -2.18. The van der Waals surface area contributed by atoms with Gasteiger partial charge in [0.25, 0.3) is 0 Å². The van der Waals surface area contributed by atoms with E-state index in [1.807, 2.05) is 44.2 Å². The van der Waals surface area contributed by atoms with Gasteiger partial charge in [0.1, 0.15) is 5.75 Å². The molecule has 0 bridgehead atoms. The van der Waals surface area contributed by atoms with Crippen LogP contribution in [0.2, 0.25) is 0 Å². The summed E-state index contributed by atoms with van der Waals surface area (Å²) >= 11 is 0. The van der Waals surface area contributed by atoms with E-state index in [0.29, 0.717) is 18.0 Å². The van der Waals surface area contributed by atoms with Crippen molar-refractivity contribution in [2.24, 2.45) is 5.73 Å². The van der Waals surface area contributed by atoms with Gasteiger partial charge in [0.05, 0.1) is 12.0 Å². The van der Waals surface area contributed by atoms with Crippen LogP contribution in [0.15, 0.2) is 47.4 Å². The fraction of sp³-hybridized carbons (Fsp3) is 0.368. The van der Waals surface area contributed by atoms with Gasteiger partial charge in [-0.3, -0.25) is 0 Å². The van der Waals surface area contributed by atoms with Gasteiger partial charge in [0.15, 0.2) is 0 Å². The van der Waals surface area contributed by atoms with Gasteiger partial charge in [-0.05, 0) is 42.7 Å². The van der Waals surface area contributed by atoms with Crippen LogP contribution in [-0.2, 0) is 10.0 Å². The second-order valence-corrected chi connectivity index (χ2v) is 8.53. The molecule has 5 nitrogen and oxygen atoms in total. The molecule has 0 saturated carbocycles. The zero-order valence-electron chi connectivity index (χ0n) is 14.8. The summed E-state index contributed by atoms with van der Waals surface area (Å²) in [5.74, 6) is 0.732. The minimum atomic E-state index is -3.58. The fourth-order valence-electron chi connectivity index (χ4n) is 3.57. The number of benzene rings is 2. The highest BCUT2D eigenvalue weighted by Crippen LogP contribution is 2.33. The number of sulfonamides is 1. The van der Waals surface area contributed by atoms with Crippen molar-refractivity contribution < 1.29 is 13.2 Å². The maximum atomic E-state index is 13.1. The first-order valence-electron chi connectivity index (χ1n) is 8.30. The second kappa shape index (κ2) is 6.78. The third-order valence-electron chi connectivity index (χ3n) is 4.84. The normalized spacial score (nSPS) is 21.4. The minimum Gasteiger partial charge on any atom is -0.496 e. The summed E-state index contributed by atoms with van der Waals surface area (Å²) in [4.78, 5) is 0.296. The highest BCUT2D eigenvalue weighted by molar-refractivity contribution is 7.89. The summed E-state index contributed by atoms with van der Waals surface area (Å²) in [6.45, 7) is 4.43. The predicted molar refractivity (Wildman–Crippen MR) is 98.4 cm³/mol. The smallest absolute Gasteiger partial charge is 0.243 e. The predicted octanol–water partition coefficient (Wildman–Crippen LogP) is 2.43. The van der Waals surface area contributed by atoms with Crippen LogP contribution in [0, 0.1) is 13.8 Å². The van der Waals surface area contributed by atoms with Crippen LogP contribution < -0.4 is 10.5 Å². The van der Waals surface area contributed by atoms with Crippen LogP contribution >= 0.6 is 0 Å². The van der Waals surface area contributed by atoms with Crippen molar-refractivity contribution in [3.05, 3.63) is 59.2 Å². The Morgan fingerprint density at radius 3 is 2.24 bits per heavy atom. The molecule has 1 aliphatic heterocycles. The highest BCUT2D eigenvalue weighted by atomic mass is 32.2. The Bertz CT molecular complexity index is 842. The van der Waals surface area contributed by atoms with Gasteiger partial charge in [-0.2, -0.15) is 4.31 Å². The van der Waals surface area contributed by atoms with Crippen molar-refractivity contribution >= 4 is 10.0 Å². The molecule has 25 heavy (non-hydrogen) atoms. The Labute approximate surface area is 149 Å². The van der Waals surface area contributed by atoms with E-state index in [4.69, 9.17) is 10.5 Å². The molecule has 2 aromatic rings. The number of hydrogen-bond acceptors (Lipinski definition) is 4. The number of ether oxygens (including phenoxy) is 1. The number of rotatable bonds is 4. The van der Waals surface area contributed by atoms with Crippen molar-refractivity contribution in [3.8, 4) is 5.75 Å². The Morgan fingerprint density at radius 2 is 1.68 bits per heavy atom. The molecule has 1 fully saturated rings. The van der Waals surface area contributed by atoms with Crippen molar-refractivity contribution in [2.45, 2.75) is 30.7 Å². The number of nitrogens with two attached hydrogens (primary N) is 1. The van der Waals surface area contributed by atoms with Crippen LogP contribution in [0.25, 0.3) is 0 Å². The largest absolute Gasteiger partial charge is 0.496 e. The molecule has 2 N–H and O–H groups in total. The lowest BCUT2D eigenvalue weighted by molar-refractivity contribution is 0.408. The van der Waals surface area contributed by atoms with Crippen molar-refractivity contribution in [3.63, 3.8) is 0 Å². The SMILES string of the molecule is COc1c(C)cc(S(=O)(=O)N2C[C@@H](N)[C@H](c3ccccc3)C2)cc1C. The topological polar surface area (TPSA) is 72.6 Å². The van der Waals surface area contributed by atoms with E-state index in [1.165, 1.54) is 4.31 Å². The zero-order chi connectivity index (χ0) is 18.2. The van der Waals surface area contributed by atoms with Crippen molar-refractivity contribution in [1.29, 1.82) is 0 Å². The Kier molecular flexibility index (Phi) is 4.86. The van der Waals surface area contributed by atoms with Gasteiger partial charge in [-0.15, -0.1) is 0 Å². The molecule has 0 radical (unpaired) electrons. The molecule has 1 saturated heterocycles. The molecule has 0 amide bonds. The Balaban J connectivity index is 1.91. The molecule has 6 heteroatoms. The molecule has 1 heterocycles. The molecule has 0 spiro atoms. The van der Waals surface area contributed by atoms with Gasteiger partial charge < -0.3 is 10.5 Å². The second-order valence-electron chi connectivity index (χ2n) is 6.59. The van der Waals surface area contributed by atoms with E-state index in [1.54, 1.807) is 19.2 Å². The van der Waals surface area contributed by atoms with Gasteiger partial charge in [0.2, 0.25) is 10.0 Å². The first kappa shape index (κ1) is 17.9. The minimum absolute atomic E-state index is 0.0106. The maximum Gasteiger partial charge on any atom is 0.243 e. The first-order chi connectivity index (χ1) is 11.8. The van der Waals surface area contributed by atoms with Crippen LogP contribution in [0.4, 0.5) is 0 Å². The van der Waals surface area contributed by atoms with Gasteiger partial charge in [-0.1, -0.05) is 30.3 Å². The number of nitrogens with zero attached hydrogens (tertiary/aromatic N) is 1. The summed E-state index contributed by atoms with van der Waals surface area (Å²) in [6.07, 6.45) is 0. The van der Waals surface area contributed by atoms with E-state index in [9.17, 15) is 8.42 Å². The Morgan fingerprint density at radius 1 is 1.08 bits per heavy atom. The summed E-state index contributed by atoms with van der Waals surface area (Å²) in [5, 5.41) is 0. The quantitative estimate of drug-likeness (QED) is 0.909. The van der Waals surface area contributed by atoms with Crippen molar-refractivity contribution in [2.75, 3.05) is 20.2 Å². The Hall–Kier alpha value is -1.89. The summed E-state index contributed by atoms with van der Waals surface area (Å²) in [6, 6.07) is 13.0. The molecule has 2 aromatic carbocycles. The lowest BCUT2D eigenvalue weighted by Crippen LogP contribution is -2.32. The van der Waals surface area contributed by atoms with Gasteiger partial charge >= 0.3 is 0 Å². The summed E-state index contributed by atoms with van der Waals surface area (Å²) in [5.41, 5.74) is 8.95. The van der Waals surface area contributed by atoms with E-state index >= 15 is 0 Å². The molecule has 0 aliphatic carbocycles. The number of hydrogen-bond donors (Lipinski definition) is 1. The van der Waals surface area contributed by atoms with Crippen LogP contribution in [0.1, 0.15) is 22.6 Å². The van der Waals surface area contributed by atoms with Gasteiger partial charge in [0, 0.05) is 25.0 Å². The molecule has 134 valence electrons. The van der Waals surface area contributed by atoms with Crippen LogP contribution in [0.5, 0.6) is 5.75 Å². The number of methoxy groups -OCH3 is 1. The van der Waals surface area contributed by atoms with E-state index < -0.39 is 10.0 Å². The zero-order valence-corrected chi connectivity index (χ0v) is 15.6. The van der Waals surface area contributed by atoms with Crippen LogP contribution in [-0.4, -0.2) is 39.0 Å². The highest BCUT2D eigenvalue weighted by Gasteiger charge is 2.38. The molecular weight excluding hydrogens is 336 g/mol. The third kappa shape index (κ3) is 3.29. The fourth-order valence-corrected chi connectivity index (χ4v) is 5.25. The average Bonchev–Trinajstić information content (AvgIpc) is 2.98. The van der Waals surface area contributed by atoms with E-state index in [2.05, 4.69) is 0 Å². The average molecular weight is 360 g/mol. The van der Waals surface area contributed by atoms with Crippen LogP contribution in [0.3, 0.4) is 0 Å². The van der Waals surface area contributed by atoms with E-state index in [-0.39, 0.29) is 12.0 Å². The van der Waals surface area contributed by atoms with Crippen molar-refractivity contribution in [1.82, 2.24) is 4.31 Å². The summed E-state index contributed by atoms with van der Waals surface area (Å²) in [7, 11) is -1.99. The van der Waals surface area contributed by atoms with E-state index in [0.717, 1.165) is 22.4 Å². The summed E-state index contributed by atoms with van der Waals surface area (Å²) < 4.78 is 33.0. The molecular formula is C19H24N2O3S. The third-order valence-corrected chi connectivity index (χ3v) is 6.64. The lowest BCUT2D eigenvalue weighted by atomic mass is 9.95. The molecule has 3 rings (SSSR count).